The van der Waals surface area contributed by atoms with Gasteiger partial charge in [0.05, 0.1) is 0 Å². The highest BCUT2D eigenvalue weighted by Crippen LogP contribution is 2.14. The molecule has 0 radical (unpaired) electrons. The number of nitrogens with one attached hydrogen (secondary N) is 1. The molecule has 2 aromatic rings. The van der Waals surface area contributed by atoms with Crippen molar-refractivity contribution in [2.45, 2.75) is 32.2 Å². The molecule has 4 nitrogen and oxygen atoms in total. The smallest absolute Gasteiger partial charge is 0.253 e. The van der Waals surface area contributed by atoms with Crippen molar-refractivity contribution in [1.29, 1.82) is 0 Å². The second kappa shape index (κ2) is 8.86. The van der Waals surface area contributed by atoms with E-state index in [-0.39, 0.29) is 11.8 Å². The molecule has 0 aliphatic carbocycles. The lowest BCUT2D eigenvalue weighted by Gasteiger charge is -2.20. The molecule has 5 heteroatoms. The first kappa shape index (κ1) is 18.5. The number of likely N-dealkylation sites (tertiary alicyclic amines) is 1. The minimum atomic E-state index is -0.159. The zero-order valence-electron chi connectivity index (χ0n) is 14.7. The van der Waals surface area contributed by atoms with Crippen molar-refractivity contribution in [3.05, 3.63) is 70.2 Å². The number of carbonyl (C=O) groups is 2. The molecule has 26 heavy (non-hydrogen) atoms. The maximum Gasteiger partial charge on any atom is 0.253 e. The number of hydrogen-bond acceptors (Lipinski definition) is 2. The van der Waals surface area contributed by atoms with Crippen LogP contribution in [0.15, 0.2) is 48.5 Å². The summed E-state index contributed by atoms with van der Waals surface area (Å²) in [6.45, 7) is 2.08. The minimum Gasteiger partial charge on any atom is -0.348 e. The van der Waals surface area contributed by atoms with E-state index < -0.39 is 0 Å². The van der Waals surface area contributed by atoms with Crippen LogP contribution in [0.4, 0.5) is 0 Å². The molecule has 2 amide bonds. The Hall–Kier alpha value is -2.33. The number of halogens is 1. The van der Waals surface area contributed by atoms with Crippen LogP contribution in [0.25, 0.3) is 0 Å². The summed E-state index contributed by atoms with van der Waals surface area (Å²) in [4.78, 5) is 26.8. The summed E-state index contributed by atoms with van der Waals surface area (Å²) < 4.78 is 0. The molecule has 0 bridgehead atoms. The fraction of sp³-hybridized carbons (Fsp3) is 0.333. The molecule has 136 valence electrons. The monoisotopic (exact) mass is 370 g/mol. The van der Waals surface area contributed by atoms with Gasteiger partial charge in [-0.1, -0.05) is 36.6 Å². The highest BCUT2D eigenvalue weighted by atomic mass is 35.5. The van der Waals surface area contributed by atoms with E-state index in [4.69, 9.17) is 11.6 Å². The van der Waals surface area contributed by atoms with Gasteiger partial charge >= 0.3 is 0 Å². The highest BCUT2D eigenvalue weighted by Gasteiger charge is 2.17. The van der Waals surface area contributed by atoms with E-state index in [9.17, 15) is 9.59 Å². The van der Waals surface area contributed by atoms with Gasteiger partial charge < -0.3 is 10.2 Å². The summed E-state index contributed by atoms with van der Waals surface area (Å²) in [5.41, 5.74) is 2.17. The van der Waals surface area contributed by atoms with E-state index in [0.29, 0.717) is 22.7 Å². The van der Waals surface area contributed by atoms with Gasteiger partial charge in [0.1, 0.15) is 0 Å². The zero-order chi connectivity index (χ0) is 18.4. The van der Waals surface area contributed by atoms with Crippen molar-refractivity contribution in [2.75, 3.05) is 13.1 Å². The quantitative estimate of drug-likeness (QED) is 0.872. The van der Waals surface area contributed by atoms with Crippen molar-refractivity contribution in [3.8, 4) is 0 Å². The predicted octanol–water partition coefficient (Wildman–Crippen LogP) is 4.29. The molecular weight excluding hydrogens is 348 g/mol. The molecule has 0 unspecified atom stereocenters. The average Bonchev–Trinajstić information content (AvgIpc) is 2.96. The van der Waals surface area contributed by atoms with Crippen LogP contribution < -0.4 is 5.32 Å². The molecule has 0 saturated carbocycles. The Kier molecular flexibility index (Phi) is 6.29. The van der Waals surface area contributed by atoms with Gasteiger partial charge in [-0.3, -0.25) is 9.59 Å². The predicted molar refractivity (Wildman–Crippen MR) is 103 cm³/mol. The summed E-state index contributed by atoms with van der Waals surface area (Å²) in [7, 11) is 0. The van der Waals surface area contributed by atoms with Gasteiger partial charge in [0.25, 0.3) is 11.8 Å². The molecule has 1 saturated heterocycles. The Morgan fingerprint density at radius 1 is 0.846 bits per heavy atom. The van der Waals surface area contributed by atoms with E-state index in [0.717, 1.165) is 31.5 Å². The summed E-state index contributed by atoms with van der Waals surface area (Å²) in [5, 5.41) is 3.55. The van der Waals surface area contributed by atoms with E-state index >= 15 is 0 Å². The van der Waals surface area contributed by atoms with Crippen molar-refractivity contribution in [2.24, 2.45) is 0 Å². The van der Waals surface area contributed by atoms with Crippen LogP contribution in [0.1, 0.15) is 52.0 Å². The first-order valence-corrected chi connectivity index (χ1v) is 9.43. The van der Waals surface area contributed by atoms with Gasteiger partial charge in [0, 0.05) is 35.8 Å². The molecule has 1 heterocycles. The third kappa shape index (κ3) is 4.85. The lowest BCUT2D eigenvalue weighted by atomic mass is 10.1. The Bertz CT molecular complexity index is 749. The highest BCUT2D eigenvalue weighted by molar-refractivity contribution is 6.30. The largest absolute Gasteiger partial charge is 0.348 e. The number of carbonyl (C=O) groups excluding carboxylic acids is 2. The minimum absolute atomic E-state index is 0.0556. The SMILES string of the molecule is O=C(NCc1ccc(Cl)cc1)c1ccc(C(=O)N2CCCCCC2)cc1. The molecule has 1 aliphatic heterocycles. The first-order chi connectivity index (χ1) is 12.6. The van der Waals surface area contributed by atoms with Crippen LogP contribution in [0, 0.1) is 0 Å². The number of rotatable bonds is 4. The first-order valence-electron chi connectivity index (χ1n) is 9.05. The van der Waals surface area contributed by atoms with E-state index in [2.05, 4.69) is 5.32 Å². The van der Waals surface area contributed by atoms with Crippen molar-refractivity contribution in [3.63, 3.8) is 0 Å². The Labute approximate surface area is 159 Å². The van der Waals surface area contributed by atoms with Crippen LogP contribution in [-0.4, -0.2) is 29.8 Å². The van der Waals surface area contributed by atoms with Crippen LogP contribution >= 0.6 is 11.6 Å². The van der Waals surface area contributed by atoms with Gasteiger partial charge in [0.15, 0.2) is 0 Å². The topological polar surface area (TPSA) is 49.4 Å². The third-order valence-corrected chi connectivity index (χ3v) is 4.91. The summed E-state index contributed by atoms with van der Waals surface area (Å²) in [6, 6.07) is 14.3. The van der Waals surface area contributed by atoms with Crippen LogP contribution in [0.2, 0.25) is 5.02 Å². The van der Waals surface area contributed by atoms with E-state index in [1.807, 2.05) is 17.0 Å². The van der Waals surface area contributed by atoms with Gasteiger partial charge in [-0.05, 0) is 54.8 Å². The van der Waals surface area contributed by atoms with Gasteiger partial charge in [0.2, 0.25) is 0 Å². The van der Waals surface area contributed by atoms with Crippen LogP contribution in [0.3, 0.4) is 0 Å². The molecule has 1 aliphatic rings. The lowest BCUT2D eigenvalue weighted by molar-refractivity contribution is 0.0761. The van der Waals surface area contributed by atoms with Crippen molar-refractivity contribution in [1.82, 2.24) is 10.2 Å². The Morgan fingerprint density at radius 3 is 2.04 bits per heavy atom. The van der Waals surface area contributed by atoms with Gasteiger partial charge in [-0.2, -0.15) is 0 Å². The van der Waals surface area contributed by atoms with Gasteiger partial charge in [-0.15, -0.1) is 0 Å². The number of hydrogen-bond donors (Lipinski definition) is 1. The summed E-state index contributed by atoms with van der Waals surface area (Å²) in [6.07, 6.45) is 4.51. The molecular formula is C21H23ClN2O2. The fourth-order valence-corrected chi connectivity index (χ4v) is 3.23. The zero-order valence-corrected chi connectivity index (χ0v) is 15.5. The second-order valence-electron chi connectivity index (χ2n) is 6.59. The molecule has 2 aromatic carbocycles. The van der Waals surface area contributed by atoms with Crippen LogP contribution in [-0.2, 0) is 6.54 Å². The summed E-state index contributed by atoms with van der Waals surface area (Å²) >= 11 is 5.86. The summed E-state index contributed by atoms with van der Waals surface area (Å²) in [5.74, 6) is -0.103. The molecule has 0 atom stereocenters. The van der Waals surface area contributed by atoms with Crippen molar-refractivity contribution >= 4 is 23.4 Å². The molecule has 0 aromatic heterocycles. The number of nitrogens with zero attached hydrogens (tertiary/aromatic N) is 1. The maximum absolute atomic E-state index is 12.6. The molecule has 0 spiro atoms. The normalized spacial score (nSPS) is 14.6. The van der Waals surface area contributed by atoms with E-state index in [1.54, 1.807) is 36.4 Å². The molecule has 3 rings (SSSR count). The average molecular weight is 371 g/mol. The third-order valence-electron chi connectivity index (χ3n) is 4.65. The molecule has 1 fully saturated rings. The Morgan fingerprint density at radius 2 is 1.42 bits per heavy atom. The van der Waals surface area contributed by atoms with E-state index in [1.165, 1.54) is 12.8 Å². The lowest BCUT2D eigenvalue weighted by Crippen LogP contribution is -2.31. The molecule has 1 N–H and O–H groups in total. The number of benzene rings is 2. The maximum atomic E-state index is 12.6. The van der Waals surface area contributed by atoms with Crippen LogP contribution in [0.5, 0.6) is 0 Å². The Balaban J connectivity index is 1.58. The number of amides is 2. The standard InChI is InChI=1S/C21H23ClN2O2/c22-19-11-5-16(6-12-19)15-23-20(25)17-7-9-18(10-8-17)21(26)24-13-3-1-2-4-14-24/h5-12H,1-4,13-15H2,(H,23,25). The fourth-order valence-electron chi connectivity index (χ4n) is 3.11. The van der Waals surface area contributed by atoms with Gasteiger partial charge in [-0.25, -0.2) is 0 Å². The second-order valence-corrected chi connectivity index (χ2v) is 7.03. The van der Waals surface area contributed by atoms with Crippen molar-refractivity contribution < 1.29 is 9.59 Å².